The van der Waals surface area contributed by atoms with Crippen molar-refractivity contribution in [2.24, 2.45) is 29.6 Å². The number of fused-ring (bicyclic) bond motifs is 2. The molecule has 0 aliphatic heterocycles. The van der Waals surface area contributed by atoms with Gasteiger partial charge in [0.05, 0.1) is 11.8 Å². The Bertz CT molecular complexity index is 404. The third-order valence-electron chi connectivity index (χ3n) is 4.70. The van der Waals surface area contributed by atoms with Crippen LogP contribution in [0.2, 0.25) is 0 Å². The molecule has 0 spiro atoms. The molecular weight excluding hydrogens is 230 g/mol. The highest BCUT2D eigenvalue weighted by molar-refractivity contribution is 5.89. The topological polar surface area (TPSA) is 66.4 Å². The van der Waals surface area contributed by atoms with E-state index in [1.165, 1.54) is 19.3 Å². The molecule has 2 N–H and O–H groups in total. The van der Waals surface area contributed by atoms with Gasteiger partial charge in [-0.05, 0) is 43.4 Å². The van der Waals surface area contributed by atoms with Crippen LogP contribution in [0.25, 0.3) is 0 Å². The smallest absolute Gasteiger partial charge is 0.307 e. The number of carboxylic acids is 1. The lowest BCUT2D eigenvalue weighted by molar-refractivity contribution is -0.140. The van der Waals surface area contributed by atoms with Crippen molar-refractivity contribution in [2.45, 2.75) is 25.7 Å². The van der Waals surface area contributed by atoms with Crippen molar-refractivity contribution in [1.29, 1.82) is 0 Å². The minimum atomic E-state index is -0.838. The van der Waals surface area contributed by atoms with Crippen LogP contribution in [0.4, 0.5) is 0 Å². The molecule has 98 valence electrons. The Kier molecular flexibility index (Phi) is 2.88. The molecule has 4 heteroatoms. The van der Waals surface area contributed by atoms with Crippen LogP contribution >= 0.6 is 0 Å². The van der Waals surface area contributed by atoms with Gasteiger partial charge in [0.25, 0.3) is 0 Å². The van der Waals surface area contributed by atoms with E-state index in [1.807, 2.05) is 0 Å². The Morgan fingerprint density at radius 3 is 2.50 bits per heavy atom. The SMILES string of the molecule is O=C(O)C1CC1C(=O)NCC1CC2C=CC1CC2. The highest BCUT2D eigenvalue weighted by Crippen LogP contribution is 2.41. The van der Waals surface area contributed by atoms with Crippen molar-refractivity contribution in [3.05, 3.63) is 12.2 Å². The summed E-state index contributed by atoms with van der Waals surface area (Å²) in [7, 11) is 0. The number of hydrogen-bond donors (Lipinski definition) is 2. The van der Waals surface area contributed by atoms with Gasteiger partial charge in [0.1, 0.15) is 0 Å². The lowest BCUT2D eigenvalue weighted by atomic mass is 9.69. The summed E-state index contributed by atoms with van der Waals surface area (Å²) in [5.74, 6) is 0.253. The van der Waals surface area contributed by atoms with E-state index in [9.17, 15) is 9.59 Å². The summed E-state index contributed by atoms with van der Waals surface area (Å²) in [6.45, 7) is 0.715. The molecular formula is C14H19NO3. The third-order valence-corrected chi connectivity index (χ3v) is 4.70. The Labute approximate surface area is 106 Å². The standard InChI is InChI=1S/C14H19NO3/c16-13(11-6-12(11)14(17)18)15-7-10-5-8-1-3-9(10)4-2-8/h1,3,8-12H,2,4-7H2,(H,15,16)(H,17,18). The van der Waals surface area contributed by atoms with E-state index in [4.69, 9.17) is 5.11 Å². The minimum Gasteiger partial charge on any atom is -0.481 e. The molecule has 0 saturated heterocycles. The van der Waals surface area contributed by atoms with Crippen LogP contribution in [0.15, 0.2) is 12.2 Å². The van der Waals surface area contributed by atoms with Crippen molar-refractivity contribution in [1.82, 2.24) is 5.32 Å². The number of amides is 1. The van der Waals surface area contributed by atoms with Crippen LogP contribution in [-0.2, 0) is 9.59 Å². The number of aliphatic carboxylic acids is 1. The molecule has 0 aromatic carbocycles. The number of hydrogen-bond acceptors (Lipinski definition) is 2. The fourth-order valence-electron chi connectivity index (χ4n) is 3.41. The summed E-state index contributed by atoms with van der Waals surface area (Å²) in [5.41, 5.74) is 0. The van der Waals surface area contributed by atoms with Gasteiger partial charge in [0.15, 0.2) is 0 Å². The second-order valence-corrected chi connectivity index (χ2v) is 5.91. The lowest BCUT2D eigenvalue weighted by Gasteiger charge is -2.38. The van der Waals surface area contributed by atoms with Gasteiger partial charge in [-0.25, -0.2) is 0 Å². The van der Waals surface area contributed by atoms with Crippen molar-refractivity contribution in [3.8, 4) is 0 Å². The second-order valence-electron chi connectivity index (χ2n) is 5.91. The summed E-state index contributed by atoms with van der Waals surface area (Å²) in [6, 6.07) is 0. The largest absolute Gasteiger partial charge is 0.481 e. The molecule has 4 rings (SSSR count). The third kappa shape index (κ3) is 2.16. The molecule has 4 aliphatic rings. The number of nitrogens with one attached hydrogen (secondary N) is 1. The fourth-order valence-corrected chi connectivity index (χ4v) is 3.41. The average Bonchev–Trinajstić information content (AvgIpc) is 3.18. The summed E-state index contributed by atoms with van der Waals surface area (Å²) in [5, 5.41) is 11.7. The highest BCUT2D eigenvalue weighted by atomic mass is 16.4. The second kappa shape index (κ2) is 4.41. The van der Waals surface area contributed by atoms with Gasteiger partial charge in [-0.1, -0.05) is 12.2 Å². The molecule has 4 nitrogen and oxygen atoms in total. The maximum Gasteiger partial charge on any atom is 0.307 e. The molecule has 18 heavy (non-hydrogen) atoms. The van der Waals surface area contributed by atoms with E-state index < -0.39 is 11.9 Å². The van der Waals surface area contributed by atoms with Crippen LogP contribution in [0.5, 0.6) is 0 Å². The average molecular weight is 249 g/mol. The summed E-state index contributed by atoms with van der Waals surface area (Å²) in [4.78, 5) is 22.5. The predicted molar refractivity (Wildman–Crippen MR) is 65.7 cm³/mol. The van der Waals surface area contributed by atoms with Crippen LogP contribution in [0.1, 0.15) is 25.7 Å². The fraction of sp³-hybridized carbons (Fsp3) is 0.714. The van der Waals surface area contributed by atoms with Crippen molar-refractivity contribution in [2.75, 3.05) is 6.54 Å². The van der Waals surface area contributed by atoms with Gasteiger partial charge in [0, 0.05) is 6.54 Å². The highest BCUT2D eigenvalue weighted by Gasteiger charge is 2.48. The molecule has 2 bridgehead atoms. The molecule has 2 saturated carbocycles. The van der Waals surface area contributed by atoms with Crippen molar-refractivity contribution >= 4 is 11.9 Å². The van der Waals surface area contributed by atoms with Gasteiger partial charge in [-0.15, -0.1) is 0 Å². The monoisotopic (exact) mass is 249 g/mol. The van der Waals surface area contributed by atoms with E-state index in [2.05, 4.69) is 17.5 Å². The van der Waals surface area contributed by atoms with Gasteiger partial charge >= 0.3 is 5.97 Å². The molecule has 5 atom stereocenters. The first kappa shape index (κ1) is 11.8. The van der Waals surface area contributed by atoms with Crippen LogP contribution in [-0.4, -0.2) is 23.5 Å². The van der Waals surface area contributed by atoms with Gasteiger partial charge in [-0.3, -0.25) is 9.59 Å². The number of carbonyl (C=O) groups excluding carboxylic acids is 1. The zero-order valence-corrected chi connectivity index (χ0v) is 10.3. The maximum absolute atomic E-state index is 11.8. The molecule has 0 aromatic rings. The van der Waals surface area contributed by atoms with Crippen LogP contribution in [0, 0.1) is 29.6 Å². The zero-order chi connectivity index (χ0) is 12.7. The molecule has 4 aliphatic carbocycles. The normalized spacial score (nSPS) is 40.6. The van der Waals surface area contributed by atoms with E-state index in [-0.39, 0.29) is 11.8 Å². The summed E-state index contributed by atoms with van der Waals surface area (Å²) >= 11 is 0. The first-order valence-electron chi connectivity index (χ1n) is 6.84. The molecule has 0 radical (unpaired) electrons. The lowest BCUT2D eigenvalue weighted by Crippen LogP contribution is -2.38. The predicted octanol–water partition coefficient (Wildman–Crippen LogP) is 1.43. The Hall–Kier alpha value is -1.32. The van der Waals surface area contributed by atoms with Gasteiger partial charge < -0.3 is 10.4 Å². The Balaban J connectivity index is 1.47. The first-order valence-corrected chi connectivity index (χ1v) is 6.84. The van der Waals surface area contributed by atoms with E-state index in [0.717, 1.165) is 0 Å². The first-order chi connectivity index (χ1) is 8.65. The molecule has 0 heterocycles. The van der Waals surface area contributed by atoms with Gasteiger partial charge in [0.2, 0.25) is 5.91 Å². The number of carbonyl (C=O) groups is 2. The number of rotatable bonds is 4. The van der Waals surface area contributed by atoms with Crippen LogP contribution in [0.3, 0.4) is 0 Å². The van der Waals surface area contributed by atoms with Crippen molar-refractivity contribution in [3.63, 3.8) is 0 Å². The van der Waals surface area contributed by atoms with E-state index >= 15 is 0 Å². The maximum atomic E-state index is 11.8. The summed E-state index contributed by atoms with van der Waals surface area (Å²) < 4.78 is 0. The van der Waals surface area contributed by atoms with E-state index in [1.54, 1.807) is 0 Å². The quantitative estimate of drug-likeness (QED) is 0.741. The molecule has 0 aromatic heterocycles. The Morgan fingerprint density at radius 1 is 1.17 bits per heavy atom. The molecule has 5 unspecified atom stereocenters. The van der Waals surface area contributed by atoms with E-state index in [0.29, 0.717) is 30.7 Å². The molecule has 2 fully saturated rings. The number of allylic oxidation sites excluding steroid dienone is 2. The molecule has 1 amide bonds. The zero-order valence-electron chi connectivity index (χ0n) is 10.3. The number of carboxylic acid groups (broad SMARTS) is 1. The van der Waals surface area contributed by atoms with Gasteiger partial charge in [-0.2, -0.15) is 0 Å². The Morgan fingerprint density at radius 2 is 2.00 bits per heavy atom. The van der Waals surface area contributed by atoms with Crippen molar-refractivity contribution < 1.29 is 14.7 Å². The van der Waals surface area contributed by atoms with Crippen LogP contribution < -0.4 is 5.32 Å². The summed E-state index contributed by atoms with van der Waals surface area (Å²) in [6.07, 6.45) is 8.82. The minimum absolute atomic E-state index is 0.0622.